The third-order valence-electron chi connectivity index (χ3n) is 3.32. The largest absolute Gasteiger partial charge is 0.491 e. The van der Waals surface area contributed by atoms with E-state index in [1.807, 2.05) is 19.9 Å². The molecule has 0 saturated carbocycles. The fraction of sp³-hybridized carbons (Fsp3) is 0.278. The van der Waals surface area contributed by atoms with Crippen LogP contribution in [0.15, 0.2) is 36.4 Å². The molecule has 1 atom stereocenters. The minimum Gasteiger partial charge on any atom is -0.491 e. The van der Waals surface area contributed by atoms with Crippen LogP contribution in [0.5, 0.6) is 5.75 Å². The highest BCUT2D eigenvalue weighted by Gasteiger charge is 2.11. The van der Waals surface area contributed by atoms with Crippen LogP contribution in [0.3, 0.4) is 0 Å². The molecule has 6 heteroatoms. The molecule has 0 aromatic heterocycles. The van der Waals surface area contributed by atoms with Crippen LogP contribution in [0, 0.1) is 25.5 Å². The molecule has 0 radical (unpaired) electrons. The number of hydrogen-bond donors (Lipinski definition) is 2. The molecule has 1 unspecified atom stereocenters. The van der Waals surface area contributed by atoms with Gasteiger partial charge in [0.15, 0.2) is 11.6 Å². The maximum Gasteiger partial charge on any atom is 0.251 e. The molecule has 128 valence electrons. The summed E-state index contributed by atoms with van der Waals surface area (Å²) in [5, 5.41) is 12.4. The van der Waals surface area contributed by atoms with E-state index in [0.717, 1.165) is 23.3 Å². The first-order valence-electron chi connectivity index (χ1n) is 7.47. The van der Waals surface area contributed by atoms with Gasteiger partial charge in [-0.1, -0.05) is 17.2 Å². The van der Waals surface area contributed by atoms with E-state index in [9.17, 15) is 18.7 Å². The van der Waals surface area contributed by atoms with Gasteiger partial charge in [-0.3, -0.25) is 4.79 Å². The van der Waals surface area contributed by atoms with Gasteiger partial charge in [0.05, 0.1) is 0 Å². The second-order valence-corrected chi connectivity index (χ2v) is 5.63. The Morgan fingerprint density at radius 3 is 2.42 bits per heavy atom. The maximum absolute atomic E-state index is 13.0. The molecule has 0 fully saturated rings. The molecule has 4 nitrogen and oxygen atoms in total. The number of nitrogens with one attached hydrogen (secondary N) is 1. The van der Waals surface area contributed by atoms with Gasteiger partial charge in [0.1, 0.15) is 18.5 Å². The quantitative estimate of drug-likeness (QED) is 0.853. The number of aryl methyl sites for hydroxylation is 2. The minimum absolute atomic E-state index is 0.0184. The number of amides is 1. The number of aliphatic hydroxyl groups is 1. The van der Waals surface area contributed by atoms with E-state index in [1.165, 1.54) is 6.07 Å². The summed E-state index contributed by atoms with van der Waals surface area (Å²) in [7, 11) is 0. The van der Waals surface area contributed by atoms with Crippen LogP contribution < -0.4 is 10.1 Å². The summed E-state index contributed by atoms with van der Waals surface area (Å²) >= 11 is 0. The highest BCUT2D eigenvalue weighted by molar-refractivity contribution is 5.94. The van der Waals surface area contributed by atoms with Crippen molar-refractivity contribution in [2.75, 3.05) is 13.2 Å². The Morgan fingerprint density at radius 1 is 1.12 bits per heavy atom. The highest BCUT2D eigenvalue weighted by atomic mass is 19.2. The van der Waals surface area contributed by atoms with Crippen molar-refractivity contribution in [3.63, 3.8) is 0 Å². The van der Waals surface area contributed by atoms with Crippen LogP contribution in [0.2, 0.25) is 0 Å². The van der Waals surface area contributed by atoms with Crippen molar-refractivity contribution in [2.24, 2.45) is 0 Å². The van der Waals surface area contributed by atoms with Gasteiger partial charge in [-0.25, -0.2) is 8.78 Å². The zero-order valence-electron chi connectivity index (χ0n) is 13.5. The lowest BCUT2D eigenvalue weighted by molar-refractivity contribution is 0.0843. The Balaban J connectivity index is 1.83. The lowest BCUT2D eigenvalue weighted by Gasteiger charge is -2.14. The summed E-state index contributed by atoms with van der Waals surface area (Å²) in [6.45, 7) is 3.62. The predicted octanol–water partition coefficient (Wildman–Crippen LogP) is 2.75. The molecule has 0 aliphatic heterocycles. The first-order valence-corrected chi connectivity index (χ1v) is 7.47. The van der Waals surface area contributed by atoms with Gasteiger partial charge in [0, 0.05) is 18.2 Å². The van der Waals surface area contributed by atoms with E-state index in [-0.39, 0.29) is 24.8 Å². The minimum atomic E-state index is -1.02. The molecule has 0 aliphatic carbocycles. The average Bonchev–Trinajstić information content (AvgIpc) is 2.52. The van der Waals surface area contributed by atoms with Crippen molar-refractivity contribution in [1.82, 2.24) is 5.32 Å². The molecule has 24 heavy (non-hydrogen) atoms. The summed E-state index contributed by atoms with van der Waals surface area (Å²) in [4.78, 5) is 12.1. The van der Waals surface area contributed by atoms with Crippen molar-refractivity contribution in [2.45, 2.75) is 20.0 Å². The van der Waals surface area contributed by atoms with Gasteiger partial charge < -0.3 is 15.2 Å². The van der Waals surface area contributed by atoms with Crippen LogP contribution in [-0.4, -0.2) is 30.3 Å². The standard InChI is InChI=1S/C18H19F2NO3/c1-11-5-12(2)7-13(6-11)18(23)21-9-14(22)10-24-15-3-4-16(19)17(20)8-15/h3-8,14,22H,9-10H2,1-2H3,(H,21,23). The lowest BCUT2D eigenvalue weighted by atomic mass is 10.1. The Morgan fingerprint density at radius 2 is 1.79 bits per heavy atom. The second kappa shape index (κ2) is 7.88. The summed E-state index contributed by atoms with van der Waals surface area (Å²) in [6.07, 6.45) is -0.979. The summed E-state index contributed by atoms with van der Waals surface area (Å²) in [5.41, 5.74) is 2.46. The predicted molar refractivity (Wildman–Crippen MR) is 86.1 cm³/mol. The van der Waals surface area contributed by atoms with Crippen LogP contribution >= 0.6 is 0 Å². The van der Waals surface area contributed by atoms with Gasteiger partial charge in [-0.15, -0.1) is 0 Å². The van der Waals surface area contributed by atoms with Crippen molar-refractivity contribution in [3.05, 3.63) is 64.7 Å². The Kier molecular flexibility index (Phi) is 5.87. The topological polar surface area (TPSA) is 58.6 Å². The van der Waals surface area contributed by atoms with Crippen molar-refractivity contribution in [1.29, 1.82) is 0 Å². The molecule has 0 bridgehead atoms. The Bertz CT molecular complexity index is 714. The summed E-state index contributed by atoms with van der Waals surface area (Å²) in [6, 6.07) is 8.58. The first-order chi connectivity index (χ1) is 11.3. The molecule has 2 aromatic rings. The molecule has 0 spiro atoms. The SMILES string of the molecule is Cc1cc(C)cc(C(=O)NCC(O)COc2ccc(F)c(F)c2)c1. The Hall–Kier alpha value is -2.47. The van der Waals surface area contributed by atoms with Crippen molar-refractivity contribution >= 4 is 5.91 Å². The van der Waals surface area contributed by atoms with Gasteiger partial charge in [-0.05, 0) is 38.1 Å². The zero-order valence-corrected chi connectivity index (χ0v) is 13.5. The number of carbonyl (C=O) groups excluding carboxylic acids is 1. The van der Waals surface area contributed by atoms with Gasteiger partial charge in [-0.2, -0.15) is 0 Å². The zero-order chi connectivity index (χ0) is 17.7. The van der Waals surface area contributed by atoms with Gasteiger partial charge in [0.2, 0.25) is 0 Å². The first kappa shape index (κ1) is 17.9. The van der Waals surface area contributed by atoms with Gasteiger partial charge in [0.25, 0.3) is 5.91 Å². The number of ether oxygens (including phenoxy) is 1. The number of benzene rings is 2. The molecule has 0 saturated heterocycles. The normalized spacial score (nSPS) is 11.9. The lowest BCUT2D eigenvalue weighted by Crippen LogP contribution is -2.35. The number of hydrogen-bond acceptors (Lipinski definition) is 3. The molecule has 2 N–H and O–H groups in total. The van der Waals surface area contributed by atoms with E-state index in [2.05, 4.69) is 5.32 Å². The maximum atomic E-state index is 13.0. The molecular weight excluding hydrogens is 316 g/mol. The fourth-order valence-electron chi connectivity index (χ4n) is 2.24. The van der Waals surface area contributed by atoms with Crippen LogP contribution in [0.25, 0.3) is 0 Å². The van der Waals surface area contributed by atoms with Crippen LogP contribution in [0.1, 0.15) is 21.5 Å². The van der Waals surface area contributed by atoms with Crippen molar-refractivity contribution in [3.8, 4) is 5.75 Å². The number of aliphatic hydroxyl groups excluding tert-OH is 1. The molecule has 1 amide bonds. The van der Waals surface area contributed by atoms with Crippen LogP contribution in [-0.2, 0) is 0 Å². The Labute approximate surface area is 139 Å². The third kappa shape index (κ3) is 5.03. The van der Waals surface area contributed by atoms with E-state index in [0.29, 0.717) is 5.56 Å². The molecule has 0 heterocycles. The molecule has 2 aromatic carbocycles. The summed E-state index contributed by atoms with van der Waals surface area (Å²) < 4.78 is 31.0. The number of rotatable bonds is 6. The van der Waals surface area contributed by atoms with E-state index >= 15 is 0 Å². The fourth-order valence-corrected chi connectivity index (χ4v) is 2.24. The van der Waals surface area contributed by atoms with Crippen molar-refractivity contribution < 1.29 is 23.4 Å². The third-order valence-corrected chi connectivity index (χ3v) is 3.32. The number of carbonyl (C=O) groups is 1. The molecular formula is C18H19F2NO3. The monoisotopic (exact) mass is 335 g/mol. The van der Waals surface area contributed by atoms with Crippen LogP contribution in [0.4, 0.5) is 8.78 Å². The van der Waals surface area contributed by atoms with E-state index in [4.69, 9.17) is 4.74 Å². The number of halogens is 2. The molecule has 2 rings (SSSR count). The highest BCUT2D eigenvalue weighted by Crippen LogP contribution is 2.15. The van der Waals surface area contributed by atoms with Gasteiger partial charge >= 0.3 is 0 Å². The summed E-state index contributed by atoms with van der Waals surface area (Å²) in [5.74, 6) is -2.18. The van der Waals surface area contributed by atoms with E-state index < -0.39 is 17.7 Å². The smallest absolute Gasteiger partial charge is 0.251 e. The second-order valence-electron chi connectivity index (χ2n) is 5.63. The van der Waals surface area contributed by atoms with E-state index in [1.54, 1.807) is 12.1 Å². The average molecular weight is 335 g/mol. The molecule has 0 aliphatic rings.